The Balaban J connectivity index is 1.47. The molecule has 0 spiro atoms. The maximum absolute atomic E-state index is 5.37. The van der Waals surface area contributed by atoms with Crippen LogP contribution in [0.3, 0.4) is 0 Å². The molecule has 0 unspecified atom stereocenters. The molecule has 0 aliphatic carbocycles. The maximum atomic E-state index is 5.37. The average molecular weight is 1040 g/mol. The van der Waals surface area contributed by atoms with E-state index in [0.29, 0.717) is 0 Å². The molecule has 0 aliphatic heterocycles. The van der Waals surface area contributed by atoms with E-state index in [2.05, 4.69) is 126 Å². The van der Waals surface area contributed by atoms with Crippen molar-refractivity contribution in [2.24, 2.45) is 0 Å². The van der Waals surface area contributed by atoms with Crippen LogP contribution in [0.2, 0.25) is 26.6 Å². The van der Waals surface area contributed by atoms with E-state index >= 15 is 0 Å². The van der Waals surface area contributed by atoms with Crippen LogP contribution < -0.4 is 7.16 Å². The molecule has 6 rings (SSSR count). The second kappa shape index (κ2) is 24.5. The molecule has 6 aromatic heterocycles. The van der Waals surface area contributed by atoms with Crippen LogP contribution in [0.4, 0.5) is 0 Å². The summed E-state index contributed by atoms with van der Waals surface area (Å²) >= 11 is -5.74. The number of nitrogens with zero attached hydrogens (tertiary/aromatic N) is 6. The first-order valence-electron chi connectivity index (χ1n) is 24.2. The van der Waals surface area contributed by atoms with Crippen molar-refractivity contribution in [2.45, 2.75) is 145 Å². The summed E-state index contributed by atoms with van der Waals surface area (Å²) in [4.78, 5) is 31.1. The molecule has 6 nitrogen and oxygen atoms in total. The summed E-state index contributed by atoms with van der Waals surface area (Å²) < 4.78 is 11.5. The van der Waals surface area contributed by atoms with Crippen LogP contribution in [-0.2, 0) is 0 Å². The fourth-order valence-corrected chi connectivity index (χ4v) is 41.3. The molecule has 326 valence electrons. The average Bonchev–Trinajstić information content (AvgIpc) is 3.34. The van der Waals surface area contributed by atoms with Gasteiger partial charge in [0, 0.05) is 0 Å². The summed E-state index contributed by atoms with van der Waals surface area (Å²) in [6.07, 6.45) is 19.0. The summed E-state index contributed by atoms with van der Waals surface area (Å²) in [5.74, 6) is 0. The zero-order chi connectivity index (χ0) is 43.6. The van der Waals surface area contributed by atoms with E-state index in [1.165, 1.54) is 104 Å². The van der Waals surface area contributed by atoms with Crippen molar-refractivity contribution in [3.8, 4) is 56.9 Å². The summed E-state index contributed by atoms with van der Waals surface area (Å²) in [6.45, 7) is 14.1. The number of hydrogen-bond donors (Lipinski definition) is 0. The van der Waals surface area contributed by atoms with Crippen LogP contribution in [-0.4, -0.2) is 66.7 Å². The number of rotatable bonds is 25. The minimum atomic E-state index is -2.87. The van der Waals surface area contributed by atoms with Crippen LogP contribution in [0.15, 0.2) is 109 Å². The summed E-state index contributed by atoms with van der Waals surface area (Å²) in [5, 5.41) is 0. The van der Waals surface area contributed by atoms with Gasteiger partial charge in [0.15, 0.2) is 0 Å². The Hall–Kier alpha value is -3.50. The molecule has 0 saturated carbocycles. The molecular formula is C54H72N6Sn2. The Labute approximate surface area is 382 Å². The number of unbranched alkanes of at least 4 members (excludes halogenated alkanes) is 6. The van der Waals surface area contributed by atoms with Gasteiger partial charge in [0.1, 0.15) is 0 Å². The molecule has 0 aromatic carbocycles. The van der Waals surface area contributed by atoms with Crippen molar-refractivity contribution in [3.63, 3.8) is 0 Å². The quantitative estimate of drug-likeness (QED) is 0.0532. The van der Waals surface area contributed by atoms with Crippen molar-refractivity contribution in [2.75, 3.05) is 0 Å². The van der Waals surface area contributed by atoms with Crippen LogP contribution >= 0.6 is 0 Å². The van der Waals surface area contributed by atoms with Gasteiger partial charge in [-0.1, -0.05) is 0 Å². The molecule has 8 heteroatoms. The van der Waals surface area contributed by atoms with E-state index in [1.807, 2.05) is 24.5 Å². The van der Waals surface area contributed by atoms with Crippen molar-refractivity contribution < 1.29 is 0 Å². The molecule has 0 N–H and O–H groups in total. The fraction of sp³-hybridized carbons (Fsp3) is 0.444. The molecule has 62 heavy (non-hydrogen) atoms. The van der Waals surface area contributed by atoms with Gasteiger partial charge in [-0.25, -0.2) is 0 Å². The van der Waals surface area contributed by atoms with E-state index in [0.717, 1.165) is 56.9 Å². The standard InChI is InChI=1S/C30H18N6.6C4H9.2Sn/c1-3-19-31-21(9-1)23-11-5-13-25(33-23)27-15-7-17-29(35-27)30-18-8-16-28(36-30)26-14-6-12-24(34-26)22-10-2-4-20-32-22;6*1-3-4-2;;/h1-4,7-20H;6*1,3-4H2,2H3;;. The molecule has 0 saturated heterocycles. The Kier molecular flexibility index (Phi) is 19.0. The van der Waals surface area contributed by atoms with Gasteiger partial charge in [-0.05, 0) is 0 Å². The van der Waals surface area contributed by atoms with E-state index < -0.39 is 36.8 Å². The summed E-state index contributed by atoms with van der Waals surface area (Å²) in [5.41, 5.74) is 9.12. The van der Waals surface area contributed by atoms with Gasteiger partial charge in [0.05, 0.1) is 0 Å². The van der Waals surface area contributed by atoms with Gasteiger partial charge < -0.3 is 0 Å². The molecule has 0 atom stereocenters. The first kappa shape index (κ1) is 48.0. The summed E-state index contributed by atoms with van der Waals surface area (Å²) in [7, 11) is 0. The Bertz CT molecular complexity index is 2060. The zero-order valence-electron chi connectivity index (χ0n) is 38.8. The molecule has 0 radical (unpaired) electrons. The Morgan fingerprint density at radius 2 is 0.565 bits per heavy atom. The predicted octanol–water partition coefficient (Wildman–Crippen LogP) is 14.5. The van der Waals surface area contributed by atoms with Crippen molar-refractivity contribution in [3.05, 3.63) is 109 Å². The van der Waals surface area contributed by atoms with Crippen LogP contribution in [0.1, 0.15) is 119 Å². The van der Waals surface area contributed by atoms with Crippen molar-refractivity contribution >= 4 is 43.9 Å². The van der Waals surface area contributed by atoms with Crippen LogP contribution in [0, 0.1) is 0 Å². The van der Waals surface area contributed by atoms with Gasteiger partial charge in [-0.15, -0.1) is 0 Å². The Morgan fingerprint density at radius 3 is 0.839 bits per heavy atom. The molecule has 6 aromatic rings. The SMILES string of the molecule is CCC[CH2][Sn]([CH2]CCC)([CH2]CCC)[c]1cc(-c2ccccn2)nc(-c2cccc(-c3cccc(-c4c[c]([Sn]([CH2]CCC)([CH2]CCC)[CH2]CCC)cc(-c5ccccn5)n4)n3)n2)c1. The van der Waals surface area contributed by atoms with Gasteiger partial charge in [-0.2, -0.15) is 0 Å². The van der Waals surface area contributed by atoms with Gasteiger partial charge in [0.25, 0.3) is 0 Å². The third-order valence-corrected chi connectivity index (χ3v) is 44.2. The first-order valence-corrected chi connectivity index (χ1v) is 39.2. The molecule has 0 bridgehead atoms. The third kappa shape index (κ3) is 12.4. The van der Waals surface area contributed by atoms with Gasteiger partial charge >= 0.3 is 385 Å². The van der Waals surface area contributed by atoms with E-state index in [4.69, 9.17) is 29.9 Å². The molecule has 0 fully saturated rings. The second-order valence-electron chi connectivity index (χ2n) is 17.7. The van der Waals surface area contributed by atoms with E-state index in [1.54, 1.807) is 7.16 Å². The molecule has 0 aliphatic rings. The van der Waals surface area contributed by atoms with Crippen LogP contribution in [0.5, 0.6) is 0 Å². The van der Waals surface area contributed by atoms with Gasteiger partial charge in [-0.3, -0.25) is 0 Å². The fourth-order valence-electron chi connectivity index (χ4n) is 9.37. The minimum absolute atomic E-state index is 0.845. The topological polar surface area (TPSA) is 77.3 Å². The molecule has 6 heterocycles. The number of hydrogen-bond acceptors (Lipinski definition) is 6. The first-order chi connectivity index (χ1) is 30.4. The summed E-state index contributed by atoms with van der Waals surface area (Å²) in [6, 6.07) is 34.8. The normalized spacial score (nSPS) is 11.9. The van der Waals surface area contributed by atoms with Gasteiger partial charge in [0.2, 0.25) is 0 Å². The number of pyridine rings is 6. The monoisotopic (exact) mass is 1040 g/mol. The molecule has 0 amide bonds. The van der Waals surface area contributed by atoms with Crippen molar-refractivity contribution in [1.29, 1.82) is 0 Å². The third-order valence-electron chi connectivity index (χ3n) is 13.1. The predicted molar refractivity (Wildman–Crippen MR) is 269 cm³/mol. The second-order valence-corrected chi connectivity index (χ2v) is 44.2. The van der Waals surface area contributed by atoms with E-state index in [9.17, 15) is 0 Å². The number of aromatic nitrogens is 6. The van der Waals surface area contributed by atoms with E-state index in [-0.39, 0.29) is 0 Å². The van der Waals surface area contributed by atoms with Crippen LogP contribution in [0.25, 0.3) is 56.9 Å². The molecular weight excluding hydrogens is 970 g/mol. The zero-order valence-corrected chi connectivity index (χ0v) is 44.5. The van der Waals surface area contributed by atoms with Crippen molar-refractivity contribution in [1.82, 2.24) is 29.9 Å². The Morgan fingerprint density at radius 1 is 0.306 bits per heavy atom.